The smallest absolute Gasteiger partial charge is 0.323 e. The van der Waals surface area contributed by atoms with Crippen molar-refractivity contribution in [1.29, 1.82) is 0 Å². The molecule has 0 saturated carbocycles. The van der Waals surface area contributed by atoms with Gasteiger partial charge >= 0.3 is 5.97 Å². The Balaban J connectivity index is -0.000000245. The van der Waals surface area contributed by atoms with Gasteiger partial charge in [0.2, 0.25) is 0 Å². The zero-order valence-electron chi connectivity index (χ0n) is 5.96. The maximum Gasteiger partial charge on any atom is 0.323 e. The molecule has 0 aliphatic heterocycles. The summed E-state index contributed by atoms with van der Waals surface area (Å²) in [4.78, 5) is 10.1. The molecule has 0 spiro atoms. The monoisotopic (exact) mass is 189 g/mol. The third-order valence-corrected chi connectivity index (χ3v) is 1.22. The van der Waals surface area contributed by atoms with Crippen molar-refractivity contribution < 1.29 is 9.90 Å². The summed E-state index contributed by atoms with van der Waals surface area (Å²) in [5.74, 6) is -0.944. The summed E-state index contributed by atoms with van der Waals surface area (Å²) in [5, 5.41) is 8.32. The Morgan fingerprint density at radius 1 is 1.60 bits per heavy atom. The number of carbonyl (C=O) groups is 1. The number of carboxylic acids is 1. The van der Waals surface area contributed by atoms with E-state index in [1.165, 1.54) is 6.92 Å². The quantitative estimate of drug-likeness (QED) is 0.683. The third-order valence-electron chi connectivity index (χ3n) is 1.22. The SMILES string of the molecule is CCC(C)(N)C(=O)O.Cl.Cl. The molecule has 5 heteroatoms. The molecule has 0 heterocycles. The van der Waals surface area contributed by atoms with Gasteiger partial charge in [0.25, 0.3) is 0 Å². The summed E-state index contributed by atoms with van der Waals surface area (Å²) in [6, 6.07) is 0. The third kappa shape index (κ3) is 4.85. The molecule has 0 radical (unpaired) electrons. The molecule has 64 valence electrons. The van der Waals surface area contributed by atoms with E-state index in [1.54, 1.807) is 6.92 Å². The summed E-state index contributed by atoms with van der Waals surface area (Å²) >= 11 is 0. The Morgan fingerprint density at radius 3 is 1.90 bits per heavy atom. The number of hydrogen-bond donors (Lipinski definition) is 2. The predicted molar refractivity (Wildman–Crippen MR) is 45.0 cm³/mol. The summed E-state index contributed by atoms with van der Waals surface area (Å²) in [7, 11) is 0. The lowest BCUT2D eigenvalue weighted by Gasteiger charge is -2.14. The number of hydrogen-bond acceptors (Lipinski definition) is 2. The molecule has 0 bridgehead atoms. The van der Waals surface area contributed by atoms with Crippen molar-refractivity contribution in [3.8, 4) is 0 Å². The fourth-order valence-electron chi connectivity index (χ4n) is 0.151. The molecule has 3 N–H and O–H groups in total. The van der Waals surface area contributed by atoms with Crippen molar-refractivity contribution in [1.82, 2.24) is 0 Å². The number of halogens is 2. The second kappa shape index (κ2) is 5.77. The van der Waals surface area contributed by atoms with Gasteiger partial charge in [-0.15, -0.1) is 24.8 Å². The van der Waals surface area contributed by atoms with Crippen LogP contribution in [0.15, 0.2) is 0 Å². The summed E-state index contributed by atoms with van der Waals surface area (Å²) in [6.45, 7) is 3.24. The van der Waals surface area contributed by atoms with E-state index in [-0.39, 0.29) is 24.8 Å². The van der Waals surface area contributed by atoms with E-state index in [4.69, 9.17) is 10.8 Å². The zero-order chi connectivity index (χ0) is 6.78. The van der Waals surface area contributed by atoms with Crippen LogP contribution >= 0.6 is 24.8 Å². The summed E-state index contributed by atoms with van der Waals surface area (Å²) in [5.41, 5.74) is 4.22. The van der Waals surface area contributed by atoms with Gasteiger partial charge < -0.3 is 10.8 Å². The highest BCUT2D eigenvalue weighted by Gasteiger charge is 2.24. The normalized spacial score (nSPS) is 13.9. The number of aliphatic carboxylic acids is 1. The Kier molecular flexibility index (Phi) is 9.54. The van der Waals surface area contributed by atoms with E-state index in [0.29, 0.717) is 6.42 Å². The highest BCUT2D eigenvalue weighted by atomic mass is 35.5. The first-order valence-corrected chi connectivity index (χ1v) is 2.53. The maximum atomic E-state index is 10.1. The zero-order valence-corrected chi connectivity index (χ0v) is 7.59. The van der Waals surface area contributed by atoms with Crippen molar-refractivity contribution in [2.24, 2.45) is 5.73 Å². The van der Waals surface area contributed by atoms with Crippen molar-refractivity contribution in [2.45, 2.75) is 25.8 Å². The highest BCUT2D eigenvalue weighted by molar-refractivity contribution is 5.85. The molecule has 0 rings (SSSR count). The molecule has 0 aromatic carbocycles. The highest BCUT2D eigenvalue weighted by Crippen LogP contribution is 2.02. The van der Waals surface area contributed by atoms with Gasteiger partial charge in [-0.05, 0) is 13.3 Å². The van der Waals surface area contributed by atoms with Crippen LogP contribution in [0.5, 0.6) is 0 Å². The predicted octanol–water partition coefficient (Wildman–Crippen LogP) is 1.04. The van der Waals surface area contributed by atoms with E-state index in [2.05, 4.69) is 0 Å². The molecule has 0 fully saturated rings. The lowest BCUT2D eigenvalue weighted by molar-refractivity contribution is -0.142. The fourth-order valence-corrected chi connectivity index (χ4v) is 0.151. The molecule has 0 saturated heterocycles. The first-order chi connectivity index (χ1) is 3.50. The van der Waals surface area contributed by atoms with E-state index in [1.807, 2.05) is 0 Å². The molecule has 1 atom stereocenters. The van der Waals surface area contributed by atoms with Gasteiger partial charge in [0.15, 0.2) is 0 Å². The number of rotatable bonds is 2. The Hall–Kier alpha value is 0.01000. The summed E-state index contributed by atoms with van der Waals surface area (Å²) in [6.07, 6.45) is 0.461. The number of carboxylic acid groups (broad SMARTS) is 1. The number of nitrogens with two attached hydrogens (primary N) is 1. The second-order valence-corrected chi connectivity index (χ2v) is 2.08. The molecule has 0 amide bonds. The van der Waals surface area contributed by atoms with Gasteiger partial charge in [0.1, 0.15) is 5.54 Å². The minimum absolute atomic E-state index is 0. The summed E-state index contributed by atoms with van der Waals surface area (Å²) < 4.78 is 0. The molecular formula is C5H13Cl2NO2. The van der Waals surface area contributed by atoms with Crippen LogP contribution in [0.2, 0.25) is 0 Å². The van der Waals surface area contributed by atoms with Crippen LogP contribution in [-0.4, -0.2) is 16.6 Å². The Morgan fingerprint density at radius 2 is 1.90 bits per heavy atom. The van der Waals surface area contributed by atoms with Gasteiger partial charge in [-0.2, -0.15) is 0 Å². The van der Waals surface area contributed by atoms with E-state index in [9.17, 15) is 4.79 Å². The van der Waals surface area contributed by atoms with Crippen LogP contribution < -0.4 is 5.73 Å². The average Bonchev–Trinajstić information content (AvgIpc) is 1.67. The van der Waals surface area contributed by atoms with Crippen molar-refractivity contribution >= 4 is 30.8 Å². The average molecular weight is 190 g/mol. The molecule has 0 aromatic heterocycles. The molecule has 3 nitrogen and oxygen atoms in total. The molecule has 0 aliphatic carbocycles. The maximum absolute atomic E-state index is 10.1. The van der Waals surface area contributed by atoms with Crippen LogP contribution in [0.3, 0.4) is 0 Å². The van der Waals surface area contributed by atoms with Gasteiger partial charge in [-0.1, -0.05) is 6.92 Å². The van der Waals surface area contributed by atoms with Crippen LogP contribution in [0.4, 0.5) is 0 Å². The Bertz CT molecular complexity index is 106. The minimum atomic E-state index is -1.04. The van der Waals surface area contributed by atoms with Gasteiger partial charge in [0.05, 0.1) is 0 Å². The van der Waals surface area contributed by atoms with E-state index >= 15 is 0 Å². The topological polar surface area (TPSA) is 63.3 Å². The largest absolute Gasteiger partial charge is 0.480 e. The Labute approximate surface area is 72.8 Å². The van der Waals surface area contributed by atoms with Crippen molar-refractivity contribution in [2.75, 3.05) is 0 Å². The van der Waals surface area contributed by atoms with Gasteiger partial charge in [-0.3, -0.25) is 4.79 Å². The molecular weight excluding hydrogens is 177 g/mol. The fraction of sp³-hybridized carbons (Fsp3) is 0.800. The van der Waals surface area contributed by atoms with Gasteiger partial charge in [-0.25, -0.2) is 0 Å². The van der Waals surface area contributed by atoms with Crippen molar-refractivity contribution in [3.63, 3.8) is 0 Å². The van der Waals surface area contributed by atoms with Crippen LogP contribution in [-0.2, 0) is 4.79 Å². The van der Waals surface area contributed by atoms with Gasteiger partial charge in [0, 0.05) is 0 Å². The van der Waals surface area contributed by atoms with E-state index in [0.717, 1.165) is 0 Å². The molecule has 0 aliphatic rings. The van der Waals surface area contributed by atoms with Crippen LogP contribution in [0.1, 0.15) is 20.3 Å². The second-order valence-electron chi connectivity index (χ2n) is 2.08. The lowest BCUT2D eigenvalue weighted by Crippen LogP contribution is -2.43. The minimum Gasteiger partial charge on any atom is -0.480 e. The van der Waals surface area contributed by atoms with Crippen LogP contribution in [0.25, 0.3) is 0 Å². The van der Waals surface area contributed by atoms with Crippen molar-refractivity contribution in [3.05, 3.63) is 0 Å². The van der Waals surface area contributed by atoms with Crippen LogP contribution in [0, 0.1) is 0 Å². The van der Waals surface area contributed by atoms with E-state index < -0.39 is 11.5 Å². The molecule has 1 unspecified atom stereocenters. The first-order valence-electron chi connectivity index (χ1n) is 2.53. The standard InChI is InChI=1S/C5H11NO2.2ClH/c1-3-5(2,6)4(7)8;;/h3,6H2,1-2H3,(H,7,8);2*1H. The molecule has 10 heavy (non-hydrogen) atoms. The molecule has 0 aromatic rings. The lowest BCUT2D eigenvalue weighted by atomic mass is 10.0. The first kappa shape index (κ1) is 16.5.